The molecular formula is C13H20N2O5. The number of carbonyl (C=O) groups is 3. The minimum atomic E-state index is -1.18. The summed E-state index contributed by atoms with van der Waals surface area (Å²) in [5, 5.41) is 13.4. The number of hydrogen-bond donors (Lipinski definition) is 3. The van der Waals surface area contributed by atoms with Crippen molar-refractivity contribution in [1.29, 1.82) is 0 Å². The summed E-state index contributed by atoms with van der Waals surface area (Å²) in [6.45, 7) is 4.46. The van der Waals surface area contributed by atoms with Gasteiger partial charge < -0.3 is 15.2 Å². The Bertz CT molecular complexity index is 424. The summed E-state index contributed by atoms with van der Waals surface area (Å²) in [5.41, 5.74) is -0.0790. The highest BCUT2D eigenvalue weighted by Gasteiger charge is 2.17. The summed E-state index contributed by atoms with van der Waals surface area (Å²) >= 11 is 0. The molecule has 0 aromatic rings. The highest BCUT2D eigenvalue weighted by Crippen LogP contribution is 2.12. The van der Waals surface area contributed by atoms with Crippen LogP contribution >= 0.6 is 0 Å². The van der Waals surface area contributed by atoms with Crippen LogP contribution in [0, 0.1) is 5.92 Å². The van der Waals surface area contributed by atoms with Gasteiger partial charge in [0.25, 0.3) is 5.91 Å². The fourth-order valence-corrected chi connectivity index (χ4v) is 1.78. The number of aliphatic carboxylic acids is 1. The molecule has 0 bridgehead atoms. The quantitative estimate of drug-likeness (QED) is 0.658. The molecule has 7 heteroatoms. The van der Waals surface area contributed by atoms with Crippen LogP contribution in [0.25, 0.3) is 0 Å². The average molecular weight is 284 g/mol. The van der Waals surface area contributed by atoms with Crippen LogP contribution in [0.15, 0.2) is 11.1 Å². The summed E-state index contributed by atoms with van der Waals surface area (Å²) < 4.78 is 5.28. The fraction of sp³-hybridized carbons (Fsp3) is 0.615. The molecule has 0 aliphatic carbocycles. The largest absolute Gasteiger partial charge is 0.478 e. The van der Waals surface area contributed by atoms with Gasteiger partial charge in [0.1, 0.15) is 0 Å². The van der Waals surface area contributed by atoms with E-state index in [1.165, 1.54) is 13.8 Å². The van der Waals surface area contributed by atoms with E-state index in [1.807, 2.05) is 0 Å². The van der Waals surface area contributed by atoms with Gasteiger partial charge in [0.2, 0.25) is 0 Å². The maximum atomic E-state index is 11.6. The first-order chi connectivity index (χ1) is 9.41. The van der Waals surface area contributed by atoms with Gasteiger partial charge in [-0.3, -0.25) is 10.1 Å². The Kier molecular flexibility index (Phi) is 6.17. The molecule has 1 unspecified atom stereocenters. The SMILES string of the molecule is CC(C(=O)O)=C(C)C(=O)NC(=O)NCC1CCCOC1. The molecule has 1 saturated heterocycles. The van der Waals surface area contributed by atoms with E-state index < -0.39 is 17.9 Å². The number of nitrogens with one attached hydrogen (secondary N) is 2. The third-order valence-electron chi connectivity index (χ3n) is 3.26. The van der Waals surface area contributed by atoms with Crippen molar-refractivity contribution in [3.8, 4) is 0 Å². The first kappa shape index (κ1) is 16.2. The maximum Gasteiger partial charge on any atom is 0.331 e. The lowest BCUT2D eigenvalue weighted by molar-refractivity contribution is -0.133. The first-order valence-electron chi connectivity index (χ1n) is 6.49. The standard InChI is InChI=1S/C13H20N2O5/c1-8(9(2)12(17)18)11(16)15-13(19)14-6-10-4-3-5-20-7-10/h10H,3-7H2,1-2H3,(H,17,18)(H2,14,15,16,19). The van der Waals surface area contributed by atoms with Crippen molar-refractivity contribution in [3.05, 3.63) is 11.1 Å². The Morgan fingerprint density at radius 2 is 1.95 bits per heavy atom. The number of carboxylic acids is 1. The molecule has 1 atom stereocenters. The van der Waals surface area contributed by atoms with E-state index in [4.69, 9.17) is 9.84 Å². The van der Waals surface area contributed by atoms with E-state index in [9.17, 15) is 14.4 Å². The number of imide groups is 1. The van der Waals surface area contributed by atoms with Crippen LogP contribution in [0.1, 0.15) is 26.7 Å². The predicted octanol–water partition coefficient (Wildman–Crippen LogP) is 0.660. The van der Waals surface area contributed by atoms with Crippen LogP contribution < -0.4 is 10.6 Å². The van der Waals surface area contributed by atoms with E-state index in [0.29, 0.717) is 13.2 Å². The monoisotopic (exact) mass is 284 g/mol. The van der Waals surface area contributed by atoms with Crippen molar-refractivity contribution in [2.24, 2.45) is 5.92 Å². The molecule has 20 heavy (non-hydrogen) atoms. The van der Waals surface area contributed by atoms with E-state index in [-0.39, 0.29) is 17.1 Å². The molecule has 1 fully saturated rings. The van der Waals surface area contributed by atoms with Crippen LogP contribution in [0.2, 0.25) is 0 Å². The van der Waals surface area contributed by atoms with Crippen molar-refractivity contribution in [2.45, 2.75) is 26.7 Å². The summed E-state index contributed by atoms with van der Waals surface area (Å²) in [6.07, 6.45) is 1.94. The van der Waals surface area contributed by atoms with Crippen LogP contribution in [0.4, 0.5) is 4.79 Å². The third-order valence-corrected chi connectivity index (χ3v) is 3.26. The van der Waals surface area contributed by atoms with Gasteiger partial charge in [0.15, 0.2) is 0 Å². The number of urea groups is 1. The molecule has 3 N–H and O–H groups in total. The third kappa shape index (κ3) is 5.00. The van der Waals surface area contributed by atoms with Crippen LogP contribution in [-0.4, -0.2) is 42.8 Å². The molecule has 0 saturated carbocycles. The van der Waals surface area contributed by atoms with Crippen LogP contribution in [0.3, 0.4) is 0 Å². The Hall–Kier alpha value is -1.89. The van der Waals surface area contributed by atoms with Crippen LogP contribution in [-0.2, 0) is 14.3 Å². The number of amides is 3. The van der Waals surface area contributed by atoms with Gasteiger partial charge in [-0.15, -0.1) is 0 Å². The van der Waals surface area contributed by atoms with Crippen LogP contribution in [0.5, 0.6) is 0 Å². The zero-order chi connectivity index (χ0) is 15.1. The number of carbonyl (C=O) groups excluding carboxylic acids is 2. The van der Waals surface area contributed by atoms with Crippen molar-refractivity contribution < 1.29 is 24.2 Å². The van der Waals surface area contributed by atoms with Gasteiger partial charge in [-0.05, 0) is 32.6 Å². The molecule has 0 aromatic carbocycles. The van der Waals surface area contributed by atoms with Gasteiger partial charge >= 0.3 is 12.0 Å². The molecule has 7 nitrogen and oxygen atoms in total. The summed E-state index contributed by atoms with van der Waals surface area (Å²) in [6, 6.07) is -0.627. The maximum absolute atomic E-state index is 11.6. The highest BCUT2D eigenvalue weighted by molar-refractivity contribution is 6.07. The Morgan fingerprint density at radius 1 is 1.25 bits per heavy atom. The Labute approximate surface area is 117 Å². The van der Waals surface area contributed by atoms with Crippen molar-refractivity contribution >= 4 is 17.9 Å². The highest BCUT2D eigenvalue weighted by atomic mass is 16.5. The smallest absolute Gasteiger partial charge is 0.331 e. The Morgan fingerprint density at radius 3 is 2.50 bits per heavy atom. The van der Waals surface area contributed by atoms with Gasteiger partial charge in [0, 0.05) is 24.3 Å². The molecule has 0 aromatic heterocycles. The fourth-order valence-electron chi connectivity index (χ4n) is 1.78. The van der Waals surface area contributed by atoms with Crippen molar-refractivity contribution in [1.82, 2.24) is 10.6 Å². The number of hydrogen-bond acceptors (Lipinski definition) is 4. The molecule has 3 amide bonds. The van der Waals surface area contributed by atoms with E-state index in [0.717, 1.165) is 19.4 Å². The second-order valence-electron chi connectivity index (χ2n) is 4.80. The predicted molar refractivity (Wildman–Crippen MR) is 71.1 cm³/mol. The zero-order valence-corrected chi connectivity index (χ0v) is 11.7. The summed E-state index contributed by atoms with van der Waals surface area (Å²) in [4.78, 5) is 33.9. The molecule has 1 aliphatic rings. The first-order valence-corrected chi connectivity index (χ1v) is 6.49. The summed E-state index contributed by atoms with van der Waals surface area (Å²) in [5.74, 6) is -1.64. The van der Waals surface area contributed by atoms with Crippen molar-refractivity contribution in [2.75, 3.05) is 19.8 Å². The van der Waals surface area contributed by atoms with Gasteiger partial charge in [-0.1, -0.05) is 0 Å². The topological polar surface area (TPSA) is 105 Å². The second kappa shape index (κ2) is 7.64. The Balaban J connectivity index is 2.40. The molecule has 112 valence electrons. The zero-order valence-electron chi connectivity index (χ0n) is 11.7. The normalized spacial score (nSPS) is 19.8. The molecule has 1 aliphatic heterocycles. The lowest BCUT2D eigenvalue weighted by atomic mass is 10.0. The summed E-state index contributed by atoms with van der Waals surface area (Å²) in [7, 11) is 0. The molecule has 0 radical (unpaired) electrons. The lowest BCUT2D eigenvalue weighted by Crippen LogP contribution is -2.43. The van der Waals surface area contributed by atoms with Crippen molar-refractivity contribution in [3.63, 3.8) is 0 Å². The molecule has 1 heterocycles. The van der Waals surface area contributed by atoms with Gasteiger partial charge in [0.05, 0.1) is 6.61 Å². The minimum absolute atomic E-state index is 0.00801. The van der Waals surface area contributed by atoms with E-state index in [1.54, 1.807) is 0 Å². The van der Waals surface area contributed by atoms with E-state index >= 15 is 0 Å². The molecule has 0 spiro atoms. The van der Waals surface area contributed by atoms with Gasteiger partial charge in [-0.25, -0.2) is 9.59 Å². The molecular weight excluding hydrogens is 264 g/mol. The lowest BCUT2D eigenvalue weighted by Gasteiger charge is -2.22. The van der Waals surface area contributed by atoms with E-state index in [2.05, 4.69) is 10.6 Å². The number of rotatable bonds is 4. The number of ether oxygens (including phenoxy) is 1. The molecule has 1 rings (SSSR count). The minimum Gasteiger partial charge on any atom is -0.478 e. The average Bonchev–Trinajstić information content (AvgIpc) is 2.44. The van der Waals surface area contributed by atoms with Gasteiger partial charge in [-0.2, -0.15) is 0 Å². The number of carboxylic acid groups (broad SMARTS) is 1. The second-order valence-corrected chi connectivity index (χ2v) is 4.80.